The lowest BCUT2D eigenvalue weighted by Gasteiger charge is -2.34. The van der Waals surface area contributed by atoms with E-state index in [-0.39, 0.29) is 12.2 Å². The molecule has 1 aliphatic heterocycles. The van der Waals surface area contributed by atoms with Crippen LogP contribution < -0.4 is 9.64 Å². The Bertz CT molecular complexity index is 1030. The van der Waals surface area contributed by atoms with Gasteiger partial charge in [0.05, 0.1) is 18.4 Å². The number of anilines is 1. The molecular formula is C24H30N6O2. The summed E-state index contributed by atoms with van der Waals surface area (Å²) in [5.41, 5.74) is 3.81. The van der Waals surface area contributed by atoms with Crippen molar-refractivity contribution in [1.29, 1.82) is 0 Å². The van der Waals surface area contributed by atoms with Crippen molar-refractivity contribution in [2.75, 3.05) is 38.7 Å². The van der Waals surface area contributed by atoms with Crippen molar-refractivity contribution in [3.8, 4) is 16.9 Å². The molecule has 1 aromatic carbocycles. The molecule has 3 heterocycles. The minimum Gasteiger partial charge on any atom is -0.491 e. The summed E-state index contributed by atoms with van der Waals surface area (Å²) < 4.78 is 12.2. The van der Waals surface area contributed by atoms with Crippen LogP contribution in [0.1, 0.15) is 31.2 Å². The number of hydrogen-bond acceptors (Lipinski definition) is 8. The average molecular weight is 435 g/mol. The van der Waals surface area contributed by atoms with Gasteiger partial charge in [-0.1, -0.05) is 18.2 Å². The van der Waals surface area contributed by atoms with Gasteiger partial charge in [-0.25, -0.2) is 19.9 Å². The molecule has 0 saturated carbocycles. The fraction of sp³-hybridized carbons (Fsp3) is 0.417. The molecule has 0 bridgehead atoms. The molecule has 8 nitrogen and oxygen atoms in total. The van der Waals surface area contributed by atoms with Crippen LogP contribution >= 0.6 is 0 Å². The number of hydrogen-bond donors (Lipinski definition) is 0. The average Bonchev–Trinajstić information content (AvgIpc) is 2.80. The Labute approximate surface area is 189 Å². The van der Waals surface area contributed by atoms with E-state index in [0.717, 1.165) is 42.2 Å². The molecule has 32 heavy (non-hydrogen) atoms. The molecule has 0 aliphatic carbocycles. The fourth-order valence-electron chi connectivity index (χ4n) is 3.76. The van der Waals surface area contributed by atoms with Crippen LogP contribution in [0.4, 0.5) is 5.95 Å². The standard InChI is InChI=1S/C24H30N6O2/c1-17(2)32-21-8-6-5-7-18(21)14-30-9-10-31-22(15-30)23-20(19-11-25-16-26-12-19)13-27-24(28-23)29(3)4/h5-8,11-13,16-17,22H,9-10,14-15H2,1-4H3. The zero-order valence-electron chi connectivity index (χ0n) is 19.1. The van der Waals surface area contributed by atoms with Crippen molar-refractivity contribution < 1.29 is 9.47 Å². The van der Waals surface area contributed by atoms with Gasteiger partial charge in [0.2, 0.25) is 5.95 Å². The Morgan fingerprint density at radius 1 is 1.16 bits per heavy atom. The summed E-state index contributed by atoms with van der Waals surface area (Å²) in [4.78, 5) is 22.0. The van der Waals surface area contributed by atoms with E-state index in [1.807, 2.05) is 51.2 Å². The van der Waals surface area contributed by atoms with Gasteiger partial charge >= 0.3 is 0 Å². The molecule has 3 aromatic rings. The van der Waals surface area contributed by atoms with E-state index in [4.69, 9.17) is 14.5 Å². The molecule has 4 rings (SSSR count). The maximum absolute atomic E-state index is 6.20. The SMILES string of the molecule is CC(C)Oc1ccccc1CN1CCOC(c2nc(N(C)C)ncc2-c2cncnc2)C1. The van der Waals surface area contributed by atoms with E-state index in [1.54, 1.807) is 12.4 Å². The highest BCUT2D eigenvalue weighted by atomic mass is 16.5. The summed E-state index contributed by atoms with van der Waals surface area (Å²) in [7, 11) is 3.87. The lowest BCUT2D eigenvalue weighted by atomic mass is 10.0. The number of nitrogens with zero attached hydrogens (tertiary/aromatic N) is 6. The summed E-state index contributed by atoms with van der Waals surface area (Å²) in [6.07, 6.45) is 6.88. The topological polar surface area (TPSA) is 76.5 Å². The van der Waals surface area contributed by atoms with Crippen molar-refractivity contribution >= 4 is 5.95 Å². The molecule has 0 N–H and O–H groups in total. The van der Waals surface area contributed by atoms with Crippen molar-refractivity contribution in [3.05, 3.63) is 60.4 Å². The number of aromatic nitrogens is 4. The molecule has 1 aliphatic rings. The molecule has 1 saturated heterocycles. The molecule has 8 heteroatoms. The summed E-state index contributed by atoms with van der Waals surface area (Å²) >= 11 is 0. The number of ether oxygens (including phenoxy) is 2. The Kier molecular flexibility index (Phi) is 6.92. The van der Waals surface area contributed by atoms with Gasteiger partial charge in [-0.2, -0.15) is 0 Å². The first-order valence-corrected chi connectivity index (χ1v) is 10.9. The molecule has 2 aromatic heterocycles. The highest BCUT2D eigenvalue weighted by molar-refractivity contribution is 5.64. The molecule has 1 atom stereocenters. The van der Waals surface area contributed by atoms with Crippen LogP contribution in [0.15, 0.2) is 49.2 Å². The summed E-state index contributed by atoms with van der Waals surface area (Å²) in [5, 5.41) is 0. The quantitative estimate of drug-likeness (QED) is 0.560. The number of morpholine rings is 1. The van der Waals surface area contributed by atoms with E-state index in [2.05, 4.69) is 32.0 Å². The molecule has 1 fully saturated rings. The summed E-state index contributed by atoms with van der Waals surface area (Å²) in [6, 6.07) is 8.24. The Balaban J connectivity index is 1.60. The van der Waals surface area contributed by atoms with Crippen LogP contribution in [-0.4, -0.2) is 64.7 Å². The van der Waals surface area contributed by atoms with E-state index in [0.29, 0.717) is 12.6 Å². The van der Waals surface area contributed by atoms with Gasteiger partial charge in [0.15, 0.2) is 0 Å². The summed E-state index contributed by atoms with van der Waals surface area (Å²) in [6.45, 7) is 7.09. The molecular weight excluding hydrogens is 404 g/mol. The third kappa shape index (κ3) is 5.20. The van der Waals surface area contributed by atoms with E-state index in [1.165, 1.54) is 11.9 Å². The number of rotatable bonds is 7. The van der Waals surface area contributed by atoms with Gasteiger partial charge in [0.1, 0.15) is 18.2 Å². The predicted molar refractivity (Wildman–Crippen MR) is 124 cm³/mol. The maximum atomic E-state index is 6.20. The Morgan fingerprint density at radius 2 is 1.94 bits per heavy atom. The van der Waals surface area contributed by atoms with Crippen LogP contribution in [0.25, 0.3) is 11.1 Å². The Hall–Kier alpha value is -3.10. The van der Waals surface area contributed by atoms with Gasteiger partial charge in [-0.05, 0) is 19.9 Å². The van der Waals surface area contributed by atoms with Crippen LogP contribution in [0.3, 0.4) is 0 Å². The smallest absolute Gasteiger partial charge is 0.225 e. The zero-order valence-corrected chi connectivity index (χ0v) is 19.1. The number of benzene rings is 1. The van der Waals surface area contributed by atoms with Gasteiger partial charge in [-0.15, -0.1) is 0 Å². The van der Waals surface area contributed by atoms with E-state index < -0.39 is 0 Å². The van der Waals surface area contributed by atoms with E-state index >= 15 is 0 Å². The van der Waals surface area contributed by atoms with Crippen LogP contribution in [0.2, 0.25) is 0 Å². The van der Waals surface area contributed by atoms with Gasteiger partial charge in [0.25, 0.3) is 0 Å². The van der Waals surface area contributed by atoms with Crippen LogP contribution in [0.5, 0.6) is 5.75 Å². The summed E-state index contributed by atoms with van der Waals surface area (Å²) in [5.74, 6) is 1.58. The second-order valence-electron chi connectivity index (χ2n) is 8.36. The lowest BCUT2D eigenvalue weighted by molar-refractivity contribution is -0.0349. The third-order valence-electron chi connectivity index (χ3n) is 5.26. The van der Waals surface area contributed by atoms with Crippen molar-refractivity contribution in [1.82, 2.24) is 24.8 Å². The monoisotopic (exact) mass is 434 g/mol. The first-order valence-electron chi connectivity index (χ1n) is 10.9. The first kappa shape index (κ1) is 22.1. The van der Waals surface area contributed by atoms with E-state index in [9.17, 15) is 0 Å². The van der Waals surface area contributed by atoms with Gasteiger partial charge in [0, 0.05) is 69.0 Å². The highest BCUT2D eigenvalue weighted by Crippen LogP contribution is 2.32. The van der Waals surface area contributed by atoms with Gasteiger partial charge < -0.3 is 14.4 Å². The van der Waals surface area contributed by atoms with Crippen molar-refractivity contribution in [3.63, 3.8) is 0 Å². The van der Waals surface area contributed by atoms with Crippen LogP contribution in [0, 0.1) is 0 Å². The van der Waals surface area contributed by atoms with Gasteiger partial charge in [-0.3, -0.25) is 4.90 Å². The minimum absolute atomic E-state index is 0.134. The highest BCUT2D eigenvalue weighted by Gasteiger charge is 2.27. The molecule has 0 radical (unpaired) electrons. The fourth-order valence-corrected chi connectivity index (χ4v) is 3.76. The normalized spacial score (nSPS) is 16.8. The van der Waals surface area contributed by atoms with Crippen LogP contribution in [-0.2, 0) is 11.3 Å². The number of para-hydroxylation sites is 1. The molecule has 1 unspecified atom stereocenters. The largest absolute Gasteiger partial charge is 0.491 e. The maximum Gasteiger partial charge on any atom is 0.225 e. The molecule has 0 spiro atoms. The lowest BCUT2D eigenvalue weighted by Crippen LogP contribution is -2.38. The van der Waals surface area contributed by atoms with Crippen molar-refractivity contribution in [2.24, 2.45) is 0 Å². The minimum atomic E-state index is -0.182. The third-order valence-corrected chi connectivity index (χ3v) is 5.26. The predicted octanol–water partition coefficient (Wildman–Crippen LogP) is 3.36. The first-order chi connectivity index (χ1) is 15.5. The zero-order chi connectivity index (χ0) is 22.5. The molecule has 0 amide bonds. The second kappa shape index (κ2) is 10.0. The van der Waals surface area contributed by atoms with Crippen molar-refractivity contribution in [2.45, 2.75) is 32.6 Å². The Morgan fingerprint density at radius 3 is 2.69 bits per heavy atom. The molecule has 168 valence electrons. The second-order valence-corrected chi connectivity index (χ2v) is 8.36.